The van der Waals surface area contributed by atoms with E-state index in [-0.39, 0.29) is 5.75 Å². The molecule has 0 unspecified atom stereocenters. The molecule has 0 aromatic heterocycles. The highest BCUT2D eigenvalue weighted by Gasteiger charge is 1.99. The van der Waals surface area contributed by atoms with Gasteiger partial charge in [0.2, 0.25) is 0 Å². The van der Waals surface area contributed by atoms with Gasteiger partial charge in [-0.05, 0) is 24.5 Å². The predicted octanol–water partition coefficient (Wildman–Crippen LogP) is 1.99. The molecule has 0 saturated heterocycles. The lowest BCUT2D eigenvalue weighted by molar-refractivity contribution is 0.473. The van der Waals surface area contributed by atoms with Crippen molar-refractivity contribution >= 4 is 11.8 Å². The minimum absolute atomic E-state index is 0.0466. The number of nitriles is 1. The van der Waals surface area contributed by atoms with Gasteiger partial charge in [0.1, 0.15) is 11.8 Å². The third-order valence-electron chi connectivity index (χ3n) is 1.32. The fourth-order valence-corrected chi connectivity index (χ4v) is 1.17. The normalized spacial score (nSPS) is 9.09. The topological polar surface area (TPSA) is 44.0 Å². The van der Waals surface area contributed by atoms with Crippen LogP contribution in [0.3, 0.4) is 0 Å². The predicted molar refractivity (Wildman–Crippen MR) is 44.6 cm³/mol. The second-order valence-electron chi connectivity index (χ2n) is 1.99. The smallest absolute Gasteiger partial charge is 0.133 e. The Hall–Kier alpha value is -1.14. The van der Waals surface area contributed by atoms with Gasteiger partial charge in [0.25, 0.3) is 0 Å². The molecule has 0 radical (unpaired) electrons. The van der Waals surface area contributed by atoms with E-state index in [9.17, 15) is 0 Å². The van der Waals surface area contributed by atoms with Crippen LogP contribution in [0.15, 0.2) is 23.1 Å². The molecule has 56 valence electrons. The summed E-state index contributed by atoms with van der Waals surface area (Å²) in [5.74, 6) is 0.0466. The third kappa shape index (κ3) is 1.66. The Balaban J connectivity index is 3.15. The molecule has 0 spiro atoms. The number of hydrogen-bond acceptors (Lipinski definition) is 3. The molecule has 0 fully saturated rings. The molecule has 0 atom stereocenters. The molecule has 11 heavy (non-hydrogen) atoms. The van der Waals surface area contributed by atoms with Gasteiger partial charge in [0, 0.05) is 4.90 Å². The van der Waals surface area contributed by atoms with Crippen molar-refractivity contribution in [3.63, 3.8) is 0 Å². The molecule has 0 aliphatic heterocycles. The average Bonchev–Trinajstić information content (AvgIpc) is 2.05. The molecule has 0 saturated carbocycles. The quantitative estimate of drug-likeness (QED) is 0.647. The lowest BCUT2D eigenvalue weighted by atomic mass is 10.2. The molecule has 0 heterocycles. The van der Waals surface area contributed by atoms with Crippen LogP contribution in [0, 0.1) is 11.3 Å². The van der Waals surface area contributed by atoms with E-state index in [0.29, 0.717) is 5.56 Å². The van der Waals surface area contributed by atoms with Crippen LogP contribution in [0.2, 0.25) is 0 Å². The Labute approximate surface area is 69.5 Å². The van der Waals surface area contributed by atoms with Crippen LogP contribution in [0.4, 0.5) is 0 Å². The molecule has 2 nitrogen and oxygen atoms in total. The van der Waals surface area contributed by atoms with Gasteiger partial charge in [0.05, 0.1) is 5.56 Å². The van der Waals surface area contributed by atoms with E-state index in [0.717, 1.165) is 4.90 Å². The molecular formula is C8H7NOS. The maximum Gasteiger partial charge on any atom is 0.133 e. The molecule has 1 aromatic carbocycles. The van der Waals surface area contributed by atoms with E-state index in [2.05, 4.69) is 0 Å². The Morgan fingerprint density at radius 2 is 2.27 bits per heavy atom. The number of phenolic OH excluding ortho intramolecular Hbond substituents is 1. The number of benzene rings is 1. The summed E-state index contributed by atoms with van der Waals surface area (Å²) in [7, 11) is 0. The van der Waals surface area contributed by atoms with E-state index >= 15 is 0 Å². The van der Waals surface area contributed by atoms with Crippen molar-refractivity contribution in [3.8, 4) is 11.8 Å². The van der Waals surface area contributed by atoms with E-state index < -0.39 is 0 Å². The molecule has 1 rings (SSSR count). The van der Waals surface area contributed by atoms with Crippen LogP contribution in [0.5, 0.6) is 5.75 Å². The molecule has 3 heteroatoms. The highest BCUT2D eigenvalue weighted by atomic mass is 32.2. The molecular weight excluding hydrogens is 158 g/mol. The summed E-state index contributed by atoms with van der Waals surface area (Å²) >= 11 is 1.54. The first-order valence-electron chi connectivity index (χ1n) is 3.05. The van der Waals surface area contributed by atoms with Crippen LogP contribution in [-0.2, 0) is 0 Å². The van der Waals surface area contributed by atoms with Gasteiger partial charge in [-0.3, -0.25) is 0 Å². The standard InChI is InChI=1S/C8H7NOS/c1-11-7-2-3-8(10)6(4-7)5-9/h2-4,10H,1H3. The third-order valence-corrected chi connectivity index (χ3v) is 2.05. The van der Waals surface area contributed by atoms with Crippen LogP contribution in [0.25, 0.3) is 0 Å². The van der Waals surface area contributed by atoms with Crippen molar-refractivity contribution < 1.29 is 5.11 Å². The van der Waals surface area contributed by atoms with Crippen LogP contribution >= 0.6 is 11.8 Å². The number of rotatable bonds is 1. The van der Waals surface area contributed by atoms with Crippen molar-refractivity contribution in [1.29, 1.82) is 5.26 Å². The number of aromatic hydroxyl groups is 1. The maximum atomic E-state index is 9.10. The average molecular weight is 165 g/mol. The zero-order chi connectivity index (χ0) is 8.27. The summed E-state index contributed by atoms with van der Waals surface area (Å²) in [6, 6.07) is 6.88. The minimum Gasteiger partial charge on any atom is -0.507 e. The van der Waals surface area contributed by atoms with Gasteiger partial charge in [-0.25, -0.2) is 0 Å². The first-order valence-corrected chi connectivity index (χ1v) is 4.27. The second kappa shape index (κ2) is 3.31. The number of nitrogens with zero attached hydrogens (tertiary/aromatic N) is 1. The van der Waals surface area contributed by atoms with Crippen molar-refractivity contribution in [2.45, 2.75) is 4.90 Å². The highest BCUT2D eigenvalue weighted by molar-refractivity contribution is 7.98. The Morgan fingerprint density at radius 3 is 2.82 bits per heavy atom. The minimum atomic E-state index is 0.0466. The van der Waals surface area contributed by atoms with Crippen molar-refractivity contribution in [2.24, 2.45) is 0 Å². The van der Waals surface area contributed by atoms with Gasteiger partial charge in [-0.2, -0.15) is 5.26 Å². The summed E-state index contributed by atoms with van der Waals surface area (Å²) in [5.41, 5.74) is 0.330. The van der Waals surface area contributed by atoms with Crippen LogP contribution in [-0.4, -0.2) is 11.4 Å². The summed E-state index contributed by atoms with van der Waals surface area (Å²) in [5, 5.41) is 17.6. The van der Waals surface area contributed by atoms with Gasteiger partial charge in [-0.15, -0.1) is 11.8 Å². The van der Waals surface area contributed by atoms with Crippen LogP contribution in [0.1, 0.15) is 5.56 Å². The van der Waals surface area contributed by atoms with E-state index in [1.54, 1.807) is 23.9 Å². The first kappa shape index (κ1) is 7.96. The molecule has 1 aromatic rings. The van der Waals surface area contributed by atoms with E-state index in [1.807, 2.05) is 12.3 Å². The molecule has 0 aliphatic rings. The highest BCUT2D eigenvalue weighted by Crippen LogP contribution is 2.22. The van der Waals surface area contributed by atoms with Gasteiger partial charge in [0.15, 0.2) is 0 Å². The summed E-state index contributed by atoms with van der Waals surface area (Å²) < 4.78 is 0. The number of hydrogen-bond donors (Lipinski definition) is 1. The van der Waals surface area contributed by atoms with E-state index in [1.165, 1.54) is 6.07 Å². The SMILES string of the molecule is CSc1ccc(O)c(C#N)c1. The maximum absolute atomic E-state index is 9.10. The number of thioether (sulfide) groups is 1. The first-order chi connectivity index (χ1) is 5.27. The molecule has 1 N–H and O–H groups in total. The number of phenols is 1. The lowest BCUT2D eigenvalue weighted by Gasteiger charge is -1.97. The Morgan fingerprint density at radius 1 is 1.55 bits per heavy atom. The monoisotopic (exact) mass is 165 g/mol. The molecule has 0 bridgehead atoms. The Kier molecular flexibility index (Phi) is 2.40. The summed E-state index contributed by atoms with van der Waals surface area (Å²) in [6.07, 6.45) is 1.92. The fourth-order valence-electron chi connectivity index (χ4n) is 0.732. The largest absolute Gasteiger partial charge is 0.507 e. The Bertz CT molecular complexity index is 303. The fraction of sp³-hybridized carbons (Fsp3) is 0.125. The van der Waals surface area contributed by atoms with E-state index in [4.69, 9.17) is 10.4 Å². The van der Waals surface area contributed by atoms with Gasteiger partial charge in [-0.1, -0.05) is 0 Å². The van der Waals surface area contributed by atoms with Crippen LogP contribution < -0.4 is 0 Å². The molecule has 0 amide bonds. The van der Waals surface area contributed by atoms with Crippen molar-refractivity contribution in [2.75, 3.05) is 6.26 Å². The summed E-state index contributed by atoms with van der Waals surface area (Å²) in [4.78, 5) is 0.986. The molecule has 0 aliphatic carbocycles. The lowest BCUT2D eigenvalue weighted by Crippen LogP contribution is -1.76. The van der Waals surface area contributed by atoms with Crippen molar-refractivity contribution in [3.05, 3.63) is 23.8 Å². The zero-order valence-corrected chi connectivity index (χ0v) is 6.85. The van der Waals surface area contributed by atoms with Crippen molar-refractivity contribution in [1.82, 2.24) is 0 Å². The second-order valence-corrected chi connectivity index (χ2v) is 2.87. The summed E-state index contributed by atoms with van der Waals surface area (Å²) in [6.45, 7) is 0. The van der Waals surface area contributed by atoms with Gasteiger partial charge >= 0.3 is 0 Å². The van der Waals surface area contributed by atoms with Gasteiger partial charge < -0.3 is 5.11 Å². The zero-order valence-electron chi connectivity index (χ0n) is 6.03.